The number of hydrogen-bond acceptors (Lipinski definition) is 6. The molecule has 0 unspecified atom stereocenters. The number of phenols is 1. The number of rotatable bonds is 3. The molecule has 144 valence electrons. The van der Waals surface area contributed by atoms with Crippen molar-refractivity contribution >= 4 is 40.9 Å². The number of anilines is 1. The van der Waals surface area contributed by atoms with Gasteiger partial charge in [0.15, 0.2) is 11.5 Å². The first-order chi connectivity index (χ1) is 12.5. The van der Waals surface area contributed by atoms with Crippen molar-refractivity contribution in [3.63, 3.8) is 0 Å². The number of aromatic hydroxyl groups is 1. The van der Waals surface area contributed by atoms with E-state index < -0.39 is 17.6 Å². The number of hydrogen-bond donors (Lipinski definition) is 1. The lowest BCUT2D eigenvalue weighted by molar-refractivity contribution is 0.0564. The minimum atomic E-state index is -0.974. The van der Waals surface area contributed by atoms with Gasteiger partial charge in [0.2, 0.25) is 0 Å². The maximum absolute atomic E-state index is 13.1. The van der Waals surface area contributed by atoms with E-state index in [2.05, 4.69) is 4.98 Å². The van der Waals surface area contributed by atoms with Crippen LogP contribution in [0.4, 0.5) is 10.5 Å². The third-order valence-electron chi connectivity index (χ3n) is 3.26. The quantitative estimate of drug-likeness (QED) is 0.786. The summed E-state index contributed by atoms with van der Waals surface area (Å²) < 4.78 is 10.3. The second kappa shape index (κ2) is 8.02. The predicted molar refractivity (Wildman–Crippen MR) is 102 cm³/mol. The van der Waals surface area contributed by atoms with Gasteiger partial charge >= 0.3 is 6.09 Å². The molecule has 1 aromatic heterocycles. The van der Waals surface area contributed by atoms with E-state index in [1.54, 1.807) is 20.8 Å². The Kier molecular flexibility index (Phi) is 6.18. The number of halogens is 2. The average Bonchev–Trinajstić information content (AvgIpc) is 2.56. The highest BCUT2D eigenvalue weighted by Gasteiger charge is 2.33. The summed E-state index contributed by atoms with van der Waals surface area (Å²) in [7, 11) is 1.38. The van der Waals surface area contributed by atoms with E-state index in [9.17, 15) is 14.7 Å². The SMILES string of the molecule is COc1ccc(C(=O)N(C(=O)OC(C)(C)C)c2c(Cl)cncc2Cl)cc1O. The van der Waals surface area contributed by atoms with Crippen molar-refractivity contribution in [1.29, 1.82) is 0 Å². The Bertz CT molecular complexity index is 860. The molecule has 0 bridgehead atoms. The molecule has 2 amide bonds. The molecule has 0 saturated carbocycles. The number of carbonyl (C=O) groups excluding carboxylic acids is 2. The number of methoxy groups -OCH3 is 1. The maximum Gasteiger partial charge on any atom is 0.422 e. The summed E-state index contributed by atoms with van der Waals surface area (Å²) >= 11 is 12.3. The molecule has 2 aromatic rings. The second-order valence-corrected chi connectivity index (χ2v) is 7.27. The Morgan fingerprint density at radius 3 is 2.22 bits per heavy atom. The van der Waals surface area contributed by atoms with Crippen molar-refractivity contribution in [2.24, 2.45) is 0 Å². The molecule has 0 aliphatic rings. The normalized spacial score (nSPS) is 11.0. The van der Waals surface area contributed by atoms with Crippen LogP contribution in [0, 0.1) is 0 Å². The molecule has 1 N–H and O–H groups in total. The van der Waals surface area contributed by atoms with Gasteiger partial charge in [-0.2, -0.15) is 0 Å². The number of imide groups is 1. The summed E-state index contributed by atoms with van der Waals surface area (Å²) in [6.07, 6.45) is 1.52. The van der Waals surface area contributed by atoms with Crippen molar-refractivity contribution in [3.8, 4) is 11.5 Å². The van der Waals surface area contributed by atoms with Crippen LogP contribution in [0.1, 0.15) is 31.1 Å². The lowest BCUT2D eigenvalue weighted by Crippen LogP contribution is -2.41. The van der Waals surface area contributed by atoms with Gasteiger partial charge in [0.1, 0.15) is 5.60 Å². The minimum absolute atomic E-state index is 0.00287. The van der Waals surface area contributed by atoms with Crippen LogP contribution in [0.15, 0.2) is 30.6 Å². The second-order valence-electron chi connectivity index (χ2n) is 6.46. The topological polar surface area (TPSA) is 89.0 Å². The van der Waals surface area contributed by atoms with Gasteiger partial charge in [-0.15, -0.1) is 0 Å². The Balaban J connectivity index is 2.57. The van der Waals surface area contributed by atoms with Gasteiger partial charge in [-0.1, -0.05) is 23.2 Å². The van der Waals surface area contributed by atoms with Gasteiger partial charge in [0.25, 0.3) is 5.91 Å². The number of benzene rings is 1. The van der Waals surface area contributed by atoms with Gasteiger partial charge in [-0.25, -0.2) is 9.69 Å². The summed E-state index contributed by atoms with van der Waals surface area (Å²) in [5, 5.41) is 9.92. The fourth-order valence-corrected chi connectivity index (χ4v) is 2.69. The molecule has 9 heteroatoms. The highest BCUT2D eigenvalue weighted by atomic mass is 35.5. The summed E-state index contributed by atoms with van der Waals surface area (Å²) in [6, 6.07) is 3.95. The zero-order chi connectivity index (χ0) is 20.4. The maximum atomic E-state index is 13.1. The number of ether oxygens (including phenoxy) is 2. The Hall–Kier alpha value is -2.51. The third kappa shape index (κ3) is 4.81. The number of amides is 2. The first-order valence-corrected chi connectivity index (χ1v) is 8.54. The standard InChI is InChI=1S/C18H18Cl2N2O5/c1-18(2,3)27-17(25)22(15-11(19)8-21-9-12(15)20)16(24)10-5-6-14(26-4)13(23)7-10/h5-9,23H,1-4H3. The van der Waals surface area contributed by atoms with Crippen LogP contribution in [0.25, 0.3) is 0 Å². The zero-order valence-corrected chi connectivity index (χ0v) is 16.6. The Morgan fingerprint density at radius 2 is 1.74 bits per heavy atom. The zero-order valence-electron chi connectivity index (χ0n) is 15.1. The molecule has 0 radical (unpaired) electrons. The molecule has 1 aromatic carbocycles. The van der Waals surface area contributed by atoms with Gasteiger partial charge in [0, 0.05) is 18.0 Å². The molecule has 27 heavy (non-hydrogen) atoms. The number of nitrogens with zero attached hydrogens (tertiary/aromatic N) is 2. The van der Waals surface area contributed by atoms with Gasteiger partial charge in [-0.3, -0.25) is 9.78 Å². The number of aromatic nitrogens is 1. The molecular weight excluding hydrogens is 395 g/mol. The van der Waals surface area contributed by atoms with Crippen LogP contribution in [0.5, 0.6) is 11.5 Å². The summed E-state index contributed by atoms with van der Waals surface area (Å²) in [4.78, 5) is 30.3. The first kappa shape index (κ1) is 20.8. The molecule has 7 nitrogen and oxygen atoms in total. The van der Waals surface area contributed by atoms with Crippen LogP contribution in [-0.4, -0.2) is 34.8 Å². The monoisotopic (exact) mass is 412 g/mol. The fraction of sp³-hybridized carbons (Fsp3) is 0.278. The average molecular weight is 413 g/mol. The van der Waals surface area contributed by atoms with Crippen molar-refractivity contribution < 1.29 is 24.2 Å². The van der Waals surface area contributed by atoms with Crippen LogP contribution in [-0.2, 0) is 4.74 Å². The smallest absolute Gasteiger partial charge is 0.422 e. The van der Waals surface area contributed by atoms with Crippen molar-refractivity contribution in [2.75, 3.05) is 12.0 Å². The number of carbonyl (C=O) groups is 2. The van der Waals surface area contributed by atoms with Crippen LogP contribution in [0.3, 0.4) is 0 Å². The number of pyridine rings is 1. The fourth-order valence-electron chi connectivity index (χ4n) is 2.15. The predicted octanol–water partition coefficient (Wildman–Crippen LogP) is 4.68. The van der Waals surface area contributed by atoms with E-state index in [0.29, 0.717) is 4.90 Å². The van der Waals surface area contributed by atoms with Crippen molar-refractivity contribution in [2.45, 2.75) is 26.4 Å². The molecule has 2 rings (SSSR count). The molecule has 0 aliphatic heterocycles. The molecular formula is C18H18Cl2N2O5. The van der Waals surface area contributed by atoms with E-state index in [0.717, 1.165) is 0 Å². The molecule has 0 saturated heterocycles. The lowest BCUT2D eigenvalue weighted by Gasteiger charge is -2.27. The molecule has 0 fully saturated rings. The first-order valence-electron chi connectivity index (χ1n) is 7.78. The van der Waals surface area contributed by atoms with Gasteiger partial charge < -0.3 is 14.6 Å². The van der Waals surface area contributed by atoms with E-state index in [-0.39, 0.29) is 32.8 Å². The number of phenolic OH excluding ortho intramolecular Hbond substituents is 1. The van der Waals surface area contributed by atoms with E-state index in [4.69, 9.17) is 32.7 Å². The molecule has 0 aliphatic carbocycles. The highest BCUT2D eigenvalue weighted by molar-refractivity contribution is 6.41. The van der Waals surface area contributed by atoms with E-state index >= 15 is 0 Å². The van der Waals surface area contributed by atoms with Crippen LogP contribution >= 0.6 is 23.2 Å². The largest absolute Gasteiger partial charge is 0.504 e. The minimum Gasteiger partial charge on any atom is -0.504 e. The molecule has 0 spiro atoms. The van der Waals surface area contributed by atoms with Gasteiger partial charge in [-0.05, 0) is 39.0 Å². The van der Waals surface area contributed by atoms with Gasteiger partial charge in [0.05, 0.1) is 22.8 Å². The molecule has 0 atom stereocenters. The lowest BCUT2D eigenvalue weighted by atomic mass is 10.1. The Morgan fingerprint density at radius 1 is 1.15 bits per heavy atom. The summed E-state index contributed by atoms with van der Waals surface area (Å²) in [6.45, 7) is 4.97. The van der Waals surface area contributed by atoms with E-state index in [1.807, 2.05) is 0 Å². The van der Waals surface area contributed by atoms with E-state index in [1.165, 1.54) is 37.7 Å². The van der Waals surface area contributed by atoms with Crippen molar-refractivity contribution in [1.82, 2.24) is 4.98 Å². The van der Waals surface area contributed by atoms with Crippen LogP contribution in [0.2, 0.25) is 10.0 Å². The third-order valence-corrected chi connectivity index (χ3v) is 3.81. The Labute approximate surface area is 166 Å². The van der Waals surface area contributed by atoms with Crippen LogP contribution < -0.4 is 9.64 Å². The summed E-state index contributed by atoms with van der Waals surface area (Å²) in [5.41, 5.74) is -0.935. The highest BCUT2D eigenvalue weighted by Crippen LogP contribution is 2.35. The summed E-state index contributed by atoms with van der Waals surface area (Å²) in [5.74, 6) is -0.882. The molecule has 1 heterocycles. The van der Waals surface area contributed by atoms with Crippen molar-refractivity contribution in [3.05, 3.63) is 46.2 Å².